The summed E-state index contributed by atoms with van der Waals surface area (Å²) in [5, 5.41) is 2.74. The van der Waals surface area contributed by atoms with Crippen LogP contribution in [0.5, 0.6) is 5.75 Å². The van der Waals surface area contributed by atoms with Gasteiger partial charge in [0.05, 0.1) is 12.7 Å². The van der Waals surface area contributed by atoms with Gasteiger partial charge in [-0.05, 0) is 36.4 Å². The zero-order valence-electron chi connectivity index (χ0n) is 12.4. The number of rotatable bonds is 4. The molecule has 0 bridgehead atoms. The summed E-state index contributed by atoms with van der Waals surface area (Å²) < 4.78 is 10.4. The molecular weight excluding hydrogens is 294 g/mol. The van der Waals surface area contributed by atoms with E-state index in [0.717, 1.165) is 0 Å². The number of para-hydroxylation sites is 1. The summed E-state index contributed by atoms with van der Waals surface area (Å²) in [5.41, 5.74) is 7.88. The van der Waals surface area contributed by atoms with Gasteiger partial charge in [0.15, 0.2) is 5.69 Å². The molecule has 0 spiro atoms. The van der Waals surface area contributed by atoms with Crippen molar-refractivity contribution >= 4 is 17.3 Å². The van der Waals surface area contributed by atoms with Gasteiger partial charge in [-0.15, -0.1) is 0 Å². The summed E-state index contributed by atoms with van der Waals surface area (Å²) in [4.78, 5) is 16.4. The first-order chi connectivity index (χ1) is 11.2. The first-order valence-electron chi connectivity index (χ1n) is 6.93. The summed E-state index contributed by atoms with van der Waals surface area (Å²) in [5.74, 6) is 0.661. The topological polar surface area (TPSA) is 90.4 Å². The number of ether oxygens (including phenoxy) is 1. The van der Waals surface area contributed by atoms with E-state index in [1.54, 1.807) is 43.5 Å². The van der Waals surface area contributed by atoms with Crippen molar-refractivity contribution in [2.75, 3.05) is 18.2 Å². The highest BCUT2D eigenvalue weighted by Crippen LogP contribution is 2.25. The Bertz CT molecular complexity index is 825. The number of hydrogen-bond acceptors (Lipinski definition) is 5. The molecule has 1 aromatic heterocycles. The van der Waals surface area contributed by atoms with Crippen LogP contribution in [-0.2, 0) is 0 Å². The fourth-order valence-corrected chi connectivity index (χ4v) is 2.06. The maximum Gasteiger partial charge on any atom is 0.277 e. The standard InChI is InChI=1S/C17H15N3O3/c1-22-12-8-6-11(7-9-12)19-16(21)15-10-23-17(20-15)13-4-2-3-5-14(13)18/h2-10H,18H2,1H3,(H,19,21). The smallest absolute Gasteiger partial charge is 0.277 e. The van der Waals surface area contributed by atoms with E-state index in [9.17, 15) is 4.79 Å². The molecule has 116 valence electrons. The average molecular weight is 309 g/mol. The van der Waals surface area contributed by atoms with Crippen LogP contribution in [0.3, 0.4) is 0 Å². The fourth-order valence-electron chi connectivity index (χ4n) is 2.06. The molecule has 0 radical (unpaired) electrons. The van der Waals surface area contributed by atoms with Crippen LogP contribution in [0.1, 0.15) is 10.5 Å². The Morgan fingerprint density at radius 3 is 2.61 bits per heavy atom. The number of benzene rings is 2. The summed E-state index contributed by atoms with van der Waals surface area (Å²) in [6, 6.07) is 14.2. The van der Waals surface area contributed by atoms with Gasteiger partial charge in [0.1, 0.15) is 12.0 Å². The third kappa shape index (κ3) is 3.16. The van der Waals surface area contributed by atoms with Gasteiger partial charge in [-0.2, -0.15) is 0 Å². The van der Waals surface area contributed by atoms with Crippen LogP contribution in [-0.4, -0.2) is 18.0 Å². The van der Waals surface area contributed by atoms with E-state index in [4.69, 9.17) is 14.9 Å². The second kappa shape index (κ2) is 6.23. The molecule has 6 heteroatoms. The first-order valence-corrected chi connectivity index (χ1v) is 6.93. The average Bonchev–Trinajstić information content (AvgIpc) is 3.06. The Labute approximate surface area is 132 Å². The molecule has 0 aliphatic carbocycles. The molecule has 0 atom stereocenters. The molecule has 3 N–H and O–H groups in total. The van der Waals surface area contributed by atoms with E-state index in [1.807, 2.05) is 12.1 Å². The number of nitrogen functional groups attached to an aromatic ring is 1. The Hall–Kier alpha value is -3.28. The molecule has 1 heterocycles. The van der Waals surface area contributed by atoms with Crippen LogP contribution in [0.25, 0.3) is 11.5 Å². The quantitative estimate of drug-likeness (QED) is 0.722. The Morgan fingerprint density at radius 2 is 1.91 bits per heavy atom. The molecule has 6 nitrogen and oxygen atoms in total. The van der Waals surface area contributed by atoms with Gasteiger partial charge < -0.3 is 20.2 Å². The maximum atomic E-state index is 12.2. The van der Waals surface area contributed by atoms with Crippen molar-refractivity contribution in [1.29, 1.82) is 0 Å². The number of nitrogens with zero attached hydrogens (tertiary/aromatic N) is 1. The van der Waals surface area contributed by atoms with Crippen molar-refractivity contribution in [3.8, 4) is 17.2 Å². The fraction of sp³-hybridized carbons (Fsp3) is 0.0588. The molecule has 0 saturated heterocycles. The minimum absolute atomic E-state index is 0.180. The molecule has 23 heavy (non-hydrogen) atoms. The summed E-state index contributed by atoms with van der Waals surface area (Å²) in [7, 11) is 1.58. The molecule has 0 unspecified atom stereocenters. The van der Waals surface area contributed by atoms with Crippen LogP contribution in [0.2, 0.25) is 0 Å². The molecule has 2 aromatic carbocycles. The monoisotopic (exact) mass is 309 g/mol. The lowest BCUT2D eigenvalue weighted by molar-refractivity contribution is 0.102. The third-order valence-electron chi connectivity index (χ3n) is 3.28. The summed E-state index contributed by atoms with van der Waals surface area (Å²) >= 11 is 0. The van der Waals surface area contributed by atoms with Gasteiger partial charge in [0.25, 0.3) is 5.91 Å². The number of amides is 1. The van der Waals surface area contributed by atoms with Gasteiger partial charge in [0, 0.05) is 11.4 Å². The van der Waals surface area contributed by atoms with Crippen molar-refractivity contribution in [2.45, 2.75) is 0 Å². The molecule has 0 aliphatic heterocycles. The van der Waals surface area contributed by atoms with E-state index in [2.05, 4.69) is 10.3 Å². The largest absolute Gasteiger partial charge is 0.497 e. The van der Waals surface area contributed by atoms with Gasteiger partial charge in [0.2, 0.25) is 5.89 Å². The number of anilines is 2. The van der Waals surface area contributed by atoms with Crippen LogP contribution in [0.4, 0.5) is 11.4 Å². The molecule has 3 rings (SSSR count). The van der Waals surface area contributed by atoms with Crippen molar-refractivity contribution in [2.24, 2.45) is 0 Å². The third-order valence-corrected chi connectivity index (χ3v) is 3.28. The number of carbonyl (C=O) groups is 1. The second-order valence-electron chi connectivity index (χ2n) is 4.81. The van der Waals surface area contributed by atoms with Gasteiger partial charge >= 0.3 is 0 Å². The molecule has 1 amide bonds. The molecule has 0 fully saturated rings. The highest BCUT2D eigenvalue weighted by Gasteiger charge is 2.15. The first kappa shape index (κ1) is 14.6. The zero-order chi connectivity index (χ0) is 16.2. The maximum absolute atomic E-state index is 12.2. The van der Waals surface area contributed by atoms with Gasteiger partial charge in [-0.1, -0.05) is 12.1 Å². The van der Waals surface area contributed by atoms with Crippen molar-refractivity contribution in [3.05, 3.63) is 60.5 Å². The normalized spacial score (nSPS) is 10.3. The predicted molar refractivity (Wildman–Crippen MR) is 87.3 cm³/mol. The van der Waals surface area contributed by atoms with E-state index >= 15 is 0 Å². The highest BCUT2D eigenvalue weighted by atomic mass is 16.5. The van der Waals surface area contributed by atoms with E-state index in [-0.39, 0.29) is 11.6 Å². The van der Waals surface area contributed by atoms with Crippen LogP contribution in [0, 0.1) is 0 Å². The number of methoxy groups -OCH3 is 1. The van der Waals surface area contributed by atoms with E-state index < -0.39 is 0 Å². The lowest BCUT2D eigenvalue weighted by Crippen LogP contribution is -2.12. The SMILES string of the molecule is COc1ccc(NC(=O)c2coc(-c3ccccc3N)n2)cc1. The Morgan fingerprint density at radius 1 is 1.17 bits per heavy atom. The lowest BCUT2D eigenvalue weighted by atomic mass is 10.2. The molecule has 0 saturated carbocycles. The Kier molecular flexibility index (Phi) is 3.97. The highest BCUT2D eigenvalue weighted by molar-refractivity contribution is 6.03. The van der Waals surface area contributed by atoms with Crippen molar-refractivity contribution in [3.63, 3.8) is 0 Å². The number of nitrogens with one attached hydrogen (secondary N) is 1. The number of nitrogens with two attached hydrogens (primary N) is 1. The zero-order valence-corrected chi connectivity index (χ0v) is 12.4. The number of oxazole rings is 1. The number of hydrogen-bond donors (Lipinski definition) is 2. The van der Waals surface area contributed by atoms with E-state index in [0.29, 0.717) is 28.6 Å². The second-order valence-corrected chi connectivity index (χ2v) is 4.81. The lowest BCUT2D eigenvalue weighted by Gasteiger charge is -2.04. The van der Waals surface area contributed by atoms with Crippen LogP contribution < -0.4 is 15.8 Å². The number of aromatic nitrogens is 1. The number of carbonyl (C=O) groups excluding carboxylic acids is 1. The van der Waals surface area contributed by atoms with Gasteiger partial charge in [-0.25, -0.2) is 4.98 Å². The van der Waals surface area contributed by atoms with Gasteiger partial charge in [-0.3, -0.25) is 4.79 Å². The van der Waals surface area contributed by atoms with Crippen LogP contribution >= 0.6 is 0 Å². The minimum atomic E-state index is -0.361. The van der Waals surface area contributed by atoms with Crippen LogP contribution in [0.15, 0.2) is 59.2 Å². The minimum Gasteiger partial charge on any atom is -0.497 e. The molecule has 3 aromatic rings. The Balaban J connectivity index is 1.77. The summed E-state index contributed by atoms with van der Waals surface area (Å²) in [6.07, 6.45) is 1.31. The van der Waals surface area contributed by atoms with Crippen molar-refractivity contribution < 1.29 is 13.9 Å². The molecule has 0 aliphatic rings. The van der Waals surface area contributed by atoms with E-state index in [1.165, 1.54) is 6.26 Å². The summed E-state index contributed by atoms with van der Waals surface area (Å²) in [6.45, 7) is 0. The van der Waals surface area contributed by atoms with Crippen molar-refractivity contribution in [1.82, 2.24) is 4.98 Å². The predicted octanol–water partition coefficient (Wildman–Crippen LogP) is 3.18. The molecular formula is C17H15N3O3.